The first-order valence-electron chi connectivity index (χ1n) is 4.79. The maximum atomic E-state index is 11.7. The number of rotatable bonds is 3. The lowest BCUT2D eigenvalue weighted by molar-refractivity contribution is -0.137. The molecule has 1 saturated carbocycles. The number of nitrogens with two attached hydrogens (primary N) is 2. The van der Waals surface area contributed by atoms with Crippen molar-refractivity contribution in [2.75, 3.05) is 13.6 Å². The molecule has 1 aliphatic rings. The molecule has 2 amide bonds. The first kappa shape index (κ1) is 11.0. The molecular formula is C9H17N3O2. The quantitative estimate of drug-likeness (QED) is 0.614. The molecule has 0 saturated heterocycles. The fourth-order valence-corrected chi connectivity index (χ4v) is 1.86. The van der Waals surface area contributed by atoms with Gasteiger partial charge in [-0.2, -0.15) is 0 Å². The summed E-state index contributed by atoms with van der Waals surface area (Å²) in [4.78, 5) is 23.7. The highest BCUT2D eigenvalue weighted by Crippen LogP contribution is 2.25. The monoisotopic (exact) mass is 199 g/mol. The third kappa shape index (κ3) is 2.70. The average molecular weight is 199 g/mol. The van der Waals surface area contributed by atoms with E-state index < -0.39 is 5.91 Å². The molecule has 2 unspecified atom stereocenters. The number of primary amides is 1. The molecule has 80 valence electrons. The summed E-state index contributed by atoms with van der Waals surface area (Å²) in [5, 5.41) is 0. The normalized spacial score (nSPS) is 26.1. The topological polar surface area (TPSA) is 89.4 Å². The average Bonchev–Trinajstić information content (AvgIpc) is 2.49. The lowest BCUT2D eigenvalue weighted by atomic mass is 10.1. The number of likely N-dealkylation sites (N-methyl/N-ethyl adjacent to an activating group) is 1. The molecule has 0 spiro atoms. The van der Waals surface area contributed by atoms with E-state index in [0.29, 0.717) is 0 Å². The van der Waals surface area contributed by atoms with Crippen LogP contribution < -0.4 is 11.5 Å². The van der Waals surface area contributed by atoms with E-state index in [9.17, 15) is 9.59 Å². The number of carbonyl (C=O) groups is 2. The van der Waals surface area contributed by atoms with Crippen LogP contribution in [0.1, 0.15) is 19.3 Å². The first-order chi connectivity index (χ1) is 6.50. The molecule has 14 heavy (non-hydrogen) atoms. The molecular weight excluding hydrogens is 182 g/mol. The van der Waals surface area contributed by atoms with Gasteiger partial charge in [-0.05, 0) is 19.3 Å². The van der Waals surface area contributed by atoms with Crippen molar-refractivity contribution < 1.29 is 9.59 Å². The second-order valence-electron chi connectivity index (χ2n) is 3.93. The predicted octanol–water partition coefficient (Wildman–Crippen LogP) is -0.942. The molecule has 1 rings (SSSR count). The van der Waals surface area contributed by atoms with Gasteiger partial charge in [0.05, 0.1) is 6.54 Å². The van der Waals surface area contributed by atoms with Gasteiger partial charge in [0.1, 0.15) is 0 Å². The zero-order valence-electron chi connectivity index (χ0n) is 8.40. The Morgan fingerprint density at radius 1 is 1.43 bits per heavy atom. The van der Waals surface area contributed by atoms with Gasteiger partial charge in [-0.3, -0.25) is 9.59 Å². The minimum absolute atomic E-state index is 0.00935. The van der Waals surface area contributed by atoms with E-state index in [2.05, 4.69) is 0 Å². The molecule has 0 aromatic heterocycles. The van der Waals surface area contributed by atoms with Crippen molar-refractivity contribution in [3.05, 3.63) is 0 Å². The Balaban J connectivity index is 2.44. The van der Waals surface area contributed by atoms with E-state index in [1.165, 1.54) is 4.90 Å². The van der Waals surface area contributed by atoms with E-state index in [4.69, 9.17) is 11.5 Å². The molecule has 0 aromatic rings. The first-order valence-corrected chi connectivity index (χ1v) is 4.79. The van der Waals surface area contributed by atoms with Crippen LogP contribution in [0.25, 0.3) is 0 Å². The zero-order chi connectivity index (χ0) is 10.7. The summed E-state index contributed by atoms with van der Waals surface area (Å²) in [6.45, 7) is -0.00935. The minimum atomic E-state index is -0.483. The Labute approximate surface area is 83.4 Å². The van der Waals surface area contributed by atoms with Gasteiger partial charge in [-0.15, -0.1) is 0 Å². The highest BCUT2D eigenvalue weighted by molar-refractivity contribution is 5.85. The second kappa shape index (κ2) is 4.41. The standard InChI is InChI=1S/C9H17N3O2/c1-12(5-8(11)13)9(14)6-2-3-7(10)4-6/h6-7H,2-5,10H2,1H3,(H2,11,13). The van der Waals surface area contributed by atoms with Crippen LogP contribution in [0.2, 0.25) is 0 Å². The zero-order valence-corrected chi connectivity index (χ0v) is 8.40. The fraction of sp³-hybridized carbons (Fsp3) is 0.778. The Bertz CT molecular complexity index is 242. The Morgan fingerprint density at radius 3 is 2.50 bits per heavy atom. The summed E-state index contributed by atoms with van der Waals surface area (Å²) in [6, 6.07) is 0.130. The summed E-state index contributed by atoms with van der Waals surface area (Å²) < 4.78 is 0. The van der Waals surface area contributed by atoms with Crippen LogP contribution in [0.4, 0.5) is 0 Å². The van der Waals surface area contributed by atoms with Crippen LogP contribution in [0.5, 0.6) is 0 Å². The molecule has 0 aromatic carbocycles. The molecule has 0 aliphatic heterocycles. The van der Waals surface area contributed by atoms with Crippen LogP contribution in [-0.2, 0) is 9.59 Å². The third-order valence-electron chi connectivity index (χ3n) is 2.59. The molecule has 4 N–H and O–H groups in total. The van der Waals surface area contributed by atoms with Crippen LogP contribution >= 0.6 is 0 Å². The van der Waals surface area contributed by atoms with Gasteiger partial charge in [-0.1, -0.05) is 0 Å². The lowest BCUT2D eigenvalue weighted by Crippen LogP contribution is -2.38. The molecule has 0 bridgehead atoms. The number of nitrogens with zero attached hydrogens (tertiary/aromatic N) is 1. The second-order valence-corrected chi connectivity index (χ2v) is 3.93. The predicted molar refractivity (Wildman–Crippen MR) is 52.1 cm³/mol. The van der Waals surface area contributed by atoms with Crippen molar-refractivity contribution in [2.24, 2.45) is 17.4 Å². The summed E-state index contributed by atoms with van der Waals surface area (Å²) >= 11 is 0. The van der Waals surface area contributed by atoms with Gasteiger partial charge in [0.15, 0.2) is 0 Å². The maximum Gasteiger partial charge on any atom is 0.237 e. The Morgan fingerprint density at radius 2 is 2.07 bits per heavy atom. The van der Waals surface area contributed by atoms with Gasteiger partial charge in [0.25, 0.3) is 0 Å². The molecule has 5 heteroatoms. The van der Waals surface area contributed by atoms with Crippen molar-refractivity contribution in [2.45, 2.75) is 25.3 Å². The van der Waals surface area contributed by atoms with Gasteiger partial charge < -0.3 is 16.4 Å². The highest BCUT2D eigenvalue weighted by Gasteiger charge is 2.29. The summed E-state index contributed by atoms with van der Waals surface area (Å²) in [5.41, 5.74) is 10.7. The SMILES string of the molecule is CN(CC(N)=O)C(=O)C1CCC(N)C1. The van der Waals surface area contributed by atoms with E-state index in [0.717, 1.165) is 19.3 Å². The van der Waals surface area contributed by atoms with Gasteiger partial charge in [-0.25, -0.2) is 0 Å². The van der Waals surface area contributed by atoms with E-state index in [1.54, 1.807) is 7.05 Å². The van der Waals surface area contributed by atoms with Crippen molar-refractivity contribution in [1.82, 2.24) is 4.90 Å². The van der Waals surface area contributed by atoms with Gasteiger partial charge >= 0.3 is 0 Å². The molecule has 0 radical (unpaired) electrons. The Kier molecular flexibility index (Phi) is 3.46. The minimum Gasteiger partial charge on any atom is -0.368 e. The summed E-state index contributed by atoms with van der Waals surface area (Å²) in [6.07, 6.45) is 2.44. The van der Waals surface area contributed by atoms with Crippen molar-refractivity contribution in [1.29, 1.82) is 0 Å². The molecule has 1 aliphatic carbocycles. The Hall–Kier alpha value is -1.10. The number of hydrogen-bond acceptors (Lipinski definition) is 3. The lowest BCUT2D eigenvalue weighted by Gasteiger charge is -2.19. The van der Waals surface area contributed by atoms with Crippen molar-refractivity contribution >= 4 is 11.8 Å². The van der Waals surface area contributed by atoms with Gasteiger partial charge in [0.2, 0.25) is 11.8 Å². The molecule has 2 atom stereocenters. The fourth-order valence-electron chi connectivity index (χ4n) is 1.86. The largest absolute Gasteiger partial charge is 0.368 e. The van der Waals surface area contributed by atoms with E-state index in [1.807, 2.05) is 0 Å². The summed E-state index contributed by atoms with van der Waals surface area (Å²) in [5.74, 6) is -0.519. The highest BCUT2D eigenvalue weighted by atomic mass is 16.2. The van der Waals surface area contributed by atoms with Crippen molar-refractivity contribution in [3.63, 3.8) is 0 Å². The van der Waals surface area contributed by atoms with E-state index in [-0.39, 0.29) is 24.4 Å². The number of amides is 2. The van der Waals surface area contributed by atoms with Gasteiger partial charge in [0, 0.05) is 19.0 Å². The van der Waals surface area contributed by atoms with Crippen LogP contribution in [-0.4, -0.2) is 36.3 Å². The van der Waals surface area contributed by atoms with Crippen LogP contribution in [0.3, 0.4) is 0 Å². The number of carbonyl (C=O) groups excluding carboxylic acids is 2. The van der Waals surface area contributed by atoms with Crippen LogP contribution in [0, 0.1) is 5.92 Å². The number of hydrogen-bond donors (Lipinski definition) is 2. The van der Waals surface area contributed by atoms with Crippen LogP contribution in [0.15, 0.2) is 0 Å². The smallest absolute Gasteiger partial charge is 0.237 e. The van der Waals surface area contributed by atoms with E-state index >= 15 is 0 Å². The molecule has 5 nitrogen and oxygen atoms in total. The molecule has 1 fully saturated rings. The third-order valence-corrected chi connectivity index (χ3v) is 2.59. The summed E-state index contributed by atoms with van der Waals surface area (Å²) in [7, 11) is 1.59. The molecule has 0 heterocycles. The van der Waals surface area contributed by atoms with Crippen molar-refractivity contribution in [3.8, 4) is 0 Å². The maximum absolute atomic E-state index is 11.7.